The number of carbonyl (C=O) groups excluding carboxylic acids is 1. The summed E-state index contributed by atoms with van der Waals surface area (Å²) in [5.74, 6) is 0. The Morgan fingerprint density at radius 2 is 2.24 bits per heavy atom. The van der Waals surface area contributed by atoms with Crippen LogP contribution in [-0.2, 0) is 13.6 Å². The van der Waals surface area contributed by atoms with E-state index < -0.39 is 0 Å². The van der Waals surface area contributed by atoms with Crippen molar-refractivity contribution in [2.75, 3.05) is 11.9 Å². The molecule has 21 heavy (non-hydrogen) atoms. The minimum atomic E-state index is -0.182. The summed E-state index contributed by atoms with van der Waals surface area (Å²) in [5.41, 5.74) is 1.73. The van der Waals surface area contributed by atoms with Crippen molar-refractivity contribution in [2.24, 2.45) is 7.05 Å². The van der Waals surface area contributed by atoms with Crippen LogP contribution in [0, 0.1) is 0 Å². The van der Waals surface area contributed by atoms with Crippen molar-refractivity contribution >= 4 is 23.3 Å². The van der Waals surface area contributed by atoms with Gasteiger partial charge in [-0.05, 0) is 30.3 Å². The number of carbonyl (C=O) groups is 1. The number of nitrogens with one attached hydrogen (secondary N) is 1. The molecule has 2 rings (SSSR count). The number of amides is 2. The van der Waals surface area contributed by atoms with E-state index in [4.69, 9.17) is 11.6 Å². The predicted octanol–water partition coefficient (Wildman–Crippen LogP) is 3.90. The van der Waals surface area contributed by atoms with Gasteiger partial charge < -0.3 is 14.8 Å². The van der Waals surface area contributed by atoms with Crippen LogP contribution in [0.5, 0.6) is 0 Å². The average molecular weight is 304 g/mol. The SMILES string of the molecule is C=CCN(Cc1cccn1C)C(=O)Nc1cccc(Cl)c1. The largest absolute Gasteiger partial charge is 0.353 e. The second-order valence-electron chi connectivity index (χ2n) is 4.72. The van der Waals surface area contributed by atoms with Crippen LogP contribution >= 0.6 is 11.6 Å². The van der Waals surface area contributed by atoms with E-state index in [2.05, 4.69) is 11.9 Å². The van der Waals surface area contributed by atoms with Gasteiger partial charge in [-0.15, -0.1) is 6.58 Å². The molecule has 2 amide bonds. The average Bonchev–Trinajstić information content (AvgIpc) is 2.84. The first-order valence-corrected chi connectivity index (χ1v) is 7.00. The van der Waals surface area contributed by atoms with Crippen LogP contribution in [0.1, 0.15) is 5.69 Å². The fraction of sp³-hybridized carbons (Fsp3) is 0.188. The second-order valence-corrected chi connectivity index (χ2v) is 5.16. The molecule has 1 N–H and O–H groups in total. The smallest absolute Gasteiger partial charge is 0.322 e. The molecule has 0 aliphatic rings. The molecule has 2 aromatic rings. The zero-order valence-electron chi connectivity index (χ0n) is 11.9. The Morgan fingerprint density at radius 1 is 1.43 bits per heavy atom. The van der Waals surface area contributed by atoms with Crippen LogP contribution in [0.4, 0.5) is 10.5 Å². The van der Waals surface area contributed by atoms with E-state index in [1.807, 2.05) is 29.9 Å². The van der Waals surface area contributed by atoms with E-state index in [0.29, 0.717) is 23.8 Å². The van der Waals surface area contributed by atoms with E-state index in [-0.39, 0.29) is 6.03 Å². The highest BCUT2D eigenvalue weighted by Gasteiger charge is 2.14. The number of aromatic nitrogens is 1. The van der Waals surface area contributed by atoms with Gasteiger partial charge in [-0.3, -0.25) is 0 Å². The highest BCUT2D eigenvalue weighted by atomic mass is 35.5. The van der Waals surface area contributed by atoms with Crippen LogP contribution in [0.3, 0.4) is 0 Å². The molecule has 1 aromatic heterocycles. The maximum atomic E-state index is 12.4. The van der Waals surface area contributed by atoms with Crippen molar-refractivity contribution in [3.05, 3.63) is 66.0 Å². The topological polar surface area (TPSA) is 37.3 Å². The molecule has 0 bridgehead atoms. The van der Waals surface area contributed by atoms with E-state index in [1.54, 1.807) is 35.2 Å². The van der Waals surface area contributed by atoms with Crippen LogP contribution in [0.25, 0.3) is 0 Å². The summed E-state index contributed by atoms with van der Waals surface area (Å²) in [7, 11) is 1.95. The van der Waals surface area contributed by atoms with Crippen molar-refractivity contribution in [1.29, 1.82) is 0 Å². The summed E-state index contributed by atoms with van der Waals surface area (Å²) >= 11 is 5.92. The first-order chi connectivity index (χ1) is 10.1. The molecule has 0 unspecified atom stereocenters. The molecular formula is C16H18ClN3O. The van der Waals surface area contributed by atoms with E-state index >= 15 is 0 Å². The third-order valence-corrected chi connectivity index (χ3v) is 3.35. The first-order valence-electron chi connectivity index (χ1n) is 6.62. The number of nitrogens with zero attached hydrogens (tertiary/aromatic N) is 2. The monoisotopic (exact) mass is 303 g/mol. The fourth-order valence-corrected chi connectivity index (χ4v) is 2.19. The molecule has 0 fully saturated rings. The van der Waals surface area contributed by atoms with Gasteiger partial charge in [0.05, 0.1) is 6.54 Å². The molecule has 0 atom stereocenters. The maximum Gasteiger partial charge on any atom is 0.322 e. The van der Waals surface area contributed by atoms with Gasteiger partial charge in [0.2, 0.25) is 0 Å². The number of hydrogen-bond donors (Lipinski definition) is 1. The Bertz CT molecular complexity index is 636. The lowest BCUT2D eigenvalue weighted by atomic mass is 10.3. The van der Waals surface area contributed by atoms with E-state index in [9.17, 15) is 4.79 Å². The van der Waals surface area contributed by atoms with Gasteiger partial charge in [-0.2, -0.15) is 0 Å². The standard InChI is InChI=1S/C16H18ClN3O/c1-3-9-20(12-15-8-5-10-19(15)2)16(21)18-14-7-4-6-13(17)11-14/h3-8,10-11H,1,9,12H2,2H3,(H,18,21). The number of hydrogen-bond acceptors (Lipinski definition) is 1. The summed E-state index contributed by atoms with van der Waals surface area (Å²) in [6.07, 6.45) is 3.66. The van der Waals surface area contributed by atoms with E-state index in [0.717, 1.165) is 5.69 Å². The summed E-state index contributed by atoms with van der Waals surface area (Å²) in [6.45, 7) is 4.69. The Kier molecular flexibility index (Phi) is 5.06. The summed E-state index contributed by atoms with van der Waals surface area (Å²) < 4.78 is 1.99. The summed E-state index contributed by atoms with van der Waals surface area (Å²) in [5, 5.41) is 3.43. The maximum absolute atomic E-state index is 12.4. The number of aryl methyl sites for hydroxylation is 1. The normalized spacial score (nSPS) is 10.2. The van der Waals surface area contributed by atoms with Crippen molar-refractivity contribution in [1.82, 2.24) is 9.47 Å². The third kappa shape index (κ3) is 4.13. The highest BCUT2D eigenvalue weighted by molar-refractivity contribution is 6.30. The van der Waals surface area contributed by atoms with Crippen LogP contribution in [0.15, 0.2) is 55.3 Å². The Hall–Kier alpha value is -2.20. The molecule has 5 heteroatoms. The van der Waals surface area contributed by atoms with Gasteiger partial charge in [0.1, 0.15) is 0 Å². The van der Waals surface area contributed by atoms with Crippen LogP contribution in [-0.4, -0.2) is 22.0 Å². The number of anilines is 1. The molecule has 0 radical (unpaired) electrons. The molecule has 0 aliphatic carbocycles. The van der Waals surface area contributed by atoms with Gasteiger partial charge in [-0.1, -0.05) is 23.7 Å². The van der Waals surface area contributed by atoms with Crippen LogP contribution in [0.2, 0.25) is 5.02 Å². The van der Waals surface area contributed by atoms with Crippen molar-refractivity contribution < 1.29 is 4.79 Å². The molecule has 0 spiro atoms. The van der Waals surface area contributed by atoms with Crippen molar-refractivity contribution in [3.8, 4) is 0 Å². The van der Waals surface area contributed by atoms with Crippen molar-refractivity contribution in [3.63, 3.8) is 0 Å². The Balaban J connectivity index is 2.08. The Labute approximate surface area is 129 Å². The minimum absolute atomic E-state index is 0.182. The lowest BCUT2D eigenvalue weighted by Gasteiger charge is -2.22. The predicted molar refractivity (Wildman–Crippen MR) is 86.5 cm³/mol. The zero-order chi connectivity index (χ0) is 15.2. The van der Waals surface area contributed by atoms with Gasteiger partial charge in [0, 0.05) is 36.2 Å². The molecule has 1 heterocycles. The fourth-order valence-electron chi connectivity index (χ4n) is 2.00. The molecule has 0 saturated carbocycles. The summed E-state index contributed by atoms with van der Waals surface area (Å²) in [6, 6.07) is 10.8. The molecule has 110 valence electrons. The zero-order valence-corrected chi connectivity index (χ0v) is 12.7. The Morgan fingerprint density at radius 3 is 2.86 bits per heavy atom. The van der Waals surface area contributed by atoms with Gasteiger partial charge in [0.15, 0.2) is 0 Å². The second kappa shape index (κ2) is 6.99. The van der Waals surface area contributed by atoms with Gasteiger partial charge in [-0.25, -0.2) is 4.79 Å². The number of benzene rings is 1. The van der Waals surface area contributed by atoms with Gasteiger partial charge >= 0.3 is 6.03 Å². The number of rotatable bonds is 5. The molecule has 0 saturated heterocycles. The highest BCUT2D eigenvalue weighted by Crippen LogP contribution is 2.16. The first kappa shape index (κ1) is 15.2. The molecule has 0 aliphatic heterocycles. The lowest BCUT2D eigenvalue weighted by molar-refractivity contribution is 0.214. The molecule has 4 nitrogen and oxygen atoms in total. The quantitative estimate of drug-likeness (QED) is 0.836. The van der Waals surface area contributed by atoms with Crippen molar-refractivity contribution in [2.45, 2.75) is 6.54 Å². The number of halogens is 1. The van der Waals surface area contributed by atoms with Crippen LogP contribution < -0.4 is 5.32 Å². The summed E-state index contributed by atoms with van der Waals surface area (Å²) in [4.78, 5) is 14.0. The molecular weight excluding hydrogens is 286 g/mol. The van der Waals surface area contributed by atoms with Gasteiger partial charge in [0.25, 0.3) is 0 Å². The number of urea groups is 1. The third-order valence-electron chi connectivity index (χ3n) is 3.12. The lowest BCUT2D eigenvalue weighted by Crippen LogP contribution is -2.35. The molecule has 1 aromatic carbocycles. The minimum Gasteiger partial charge on any atom is -0.353 e. The van der Waals surface area contributed by atoms with E-state index in [1.165, 1.54) is 0 Å².